The molecule has 0 aliphatic carbocycles. The Morgan fingerprint density at radius 2 is 0.684 bits per heavy atom. The van der Waals surface area contributed by atoms with Crippen molar-refractivity contribution in [3.05, 3.63) is 24.3 Å². The lowest BCUT2D eigenvalue weighted by Gasteiger charge is -2.19. The SMILES string of the molecule is CCCCCCC/C=C\C/C=C\CCCCCCCCCCCCCCCCCCCCCCCCCC(=O)OC(COC(=O)CCCCCCCCCCCCCCCCCCCCCC)COP(=O)(O)OCCN. The molecular weight excluding hydrogens is 966 g/mol. The molecule has 0 radical (unpaired) electrons. The molecule has 0 amide bonds. The molecule has 9 nitrogen and oxygen atoms in total. The summed E-state index contributed by atoms with van der Waals surface area (Å²) in [6, 6.07) is 0. The Hall–Kier alpha value is -1.51. The summed E-state index contributed by atoms with van der Waals surface area (Å²) in [7, 11) is -4.38. The molecule has 2 unspecified atom stereocenters. The minimum atomic E-state index is -4.38. The van der Waals surface area contributed by atoms with Gasteiger partial charge in [-0.1, -0.05) is 321 Å². The molecule has 10 heteroatoms. The smallest absolute Gasteiger partial charge is 0.462 e. The monoisotopic (exact) mass is 1090 g/mol. The van der Waals surface area contributed by atoms with E-state index in [2.05, 4.69) is 38.2 Å². The highest BCUT2D eigenvalue weighted by Gasteiger charge is 2.26. The van der Waals surface area contributed by atoms with E-state index in [0.717, 1.165) is 38.5 Å². The third kappa shape index (κ3) is 61.7. The predicted molar refractivity (Wildman–Crippen MR) is 326 cm³/mol. The Kier molecular flexibility index (Phi) is 61.4. The first-order chi connectivity index (χ1) is 37.3. The predicted octanol–water partition coefficient (Wildman–Crippen LogP) is 21.4. The minimum Gasteiger partial charge on any atom is -0.462 e. The number of phosphoric acid groups is 1. The molecule has 3 N–H and O–H groups in total. The Morgan fingerprint density at radius 3 is 1.00 bits per heavy atom. The van der Waals surface area contributed by atoms with Gasteiger partial charge in [0.15, 0.2) is 6.10 Å². The van der Waals surface area contributed by atoms with Gasteiger partial charge >= 0.3 is 19.8 Å². The summed E-state index contributed by atoms with van der Waals surface area (Å²) < 4.78 is 33.1. The fraction of sp³-hybridized carbons (Fsp3) is 0.909. The third-order valence-corrected chi connectivity index (χ3v) is 16.1. The van der Waals surface area contributed by atoms with E-state index in [1.807, 2.05) is 0 Å². The van der Waals surface area contributed by atoms with Crippen molar-refractivity contribution < 1.29 is 37.6 Å². The van der Waals surface area contributed by atoms with Crippen LogP contribution in [-0.4, -0.2) is 49.3 Å². The number of allylic oxidation sites excluding steroid dienone is 4. The molecule has 0 rings (SSSR count). The summed E-state index contributed by atoms with van der Waals surface area (Å²) in [5, 5.41) is 0. The number of rotatable bonds is 64. The summed E-state index contributed by atoms with van der Waals surface area (Å²) in [6.45, 7) is 3.81. The number of nitrogens with two attached hydrogens (primary N) is 1. The van der Waals surface area contributed by atoms with Crippen LogP contribution in [0.1, 0.15) is 354 Å². The molecule has 0 fully saturated rings. The lowest BCUT2D eigenvalue weighted by Crippen LogP contribution is -2.29. The van der Waals surface area contributed by atoms with E-state index in [4.69, 9.17) is 24.3 Å². The zero-order valence-electron chi connectivity index (χ0n) is 50.5. The molecule has 0 aliphatic rings. The van der Waals surface area contributed by atoms with Crippen LogP contribution in [0.3, 0.4) is 0 Å². The van der Waals surface area contributed by atoms with Gasteiger partial charge in [0.2, 0.25) is 0 Å². The number of hydrogen-bond donors (Lipinski definition) is 2. The van der Waals surface area contributed by atoms with E-state index in [9.17, 15) is 19.0 Å². The first kappa shape index (κ1) is 74.5. The quantitative estimate of drug-likeness (QED) is 0.0264. The van der Waals surface area contributed by atoms with Crippen LogP contribution in [0, 0.1) is 0 Å². The highest BCUT2D eigenvalue weighted by Crippen LogP contribution is 2.43. The average molecular weight is 1090 g/mol. The zero-order valence-corrected chi connectivity index (χ0v) is 51.4. The number of hydrogen-bond acceptors (Lipinski definition) is 8. The van der Waals surface area contributed by atoms with Crippen molar-refractivity contribution in [2.24, 2.45) is 5.73 Å². The average Bonchev–Trinajstić information content (AvgIpc) is 3.41. The molecule has 0 bridgehead atoms. The second kappa shape index (κ2) is 62.7. The topological polar surface area (TPSA) is 134 Å². The van der Waals surface area contributed by atoms with E-state index >= 15 is 0 Å². The maximum Gasteiger partial charge on any atom is 0.472 e. The van der Waals surface area contributed by atoms with Crippen LogP contribution in [0.2, 0.25) is 0 Å². The second-order valence-electron chi connectivity index (χ2n) is 22.7. The minimum absolute atomic E-state index is 0.0573. The Balaban J connectivity index is 3.80. The zero-order chi connectivity index (χ0) is 55.2. The molecule has 0 aliphatic heterocycles. The first-order valence-corrected chi connectivity index (χ1v) is 34.8. The largest absolute Gasteiger partial charge is 0.472 e. The van der Waals surface area contributed by atoms with Gasteiger partial charge in [-0.3, -0.25) is 18.6 Å². The van der Waals surface area contributed by atoms with Gasteiger partial charge < -0.3 is 20.1 Å². The van der Waals surface area contributed by atoms with Crippen LogP contribution in [-0.2, 0) is 32.7 Å². The summed E-state index contributed by atoms with van der Waals surface area (Å²) in [4.78, 5) is 35.3. The van der Waals surface area contributed by atoms with Crippen molar-refractivity contribution in [2.75, 3.05) is 26.4 Å². The molecule has 0 aromatic heterocycles. The molecular formula is C66H128NO8P. The first-order valence-electron chi connectivity index (χ1n) is 33.3. The van der Waals surface area contributed by atoms with Gasteiger partial charge in [0, 0.05) is 19.4 Å². The number of ether oxygens (including phenoxy) is 2. The third-order valence-electron chi connectivity index (χ3n) is 15.1. The summed E-state index contributed by atoms with van der Waals surface area (Å²) in [5.41, 5.74) is 5.39. The summed E-state index contributed by atoms with van der Waals surface area (Å²) in [5.74, 6) is -0.803. The second-order valence-corrected chi connectivity index (χ2v) is 24.2. The normalized spacial score (nSPS) is 13.1. The van der Waals surface area contributed by atoms with Gasteiger partial charge in [-0.2, -0.15) is 0 Å². The molecule has 0 aromatic rings. The number of phosphoric ester groups is 1. The molecule has 2 atom stereocenters. The van der Waals surface area contributed by atoms with Crippen LogP contribution in [0.15, 0.2) is 24.3 Å². The molecule has 0 saturated heterocycles. The fourth-order valence-electron chi connectivity index (χ4n) is 10.1. The van der Waals surface area contributed by atoms with Crippen LogP contribution in [0.4, 0.5) is 0 Å². The lowest BCUT2D eigenvalue weighted by molar-refractivity contribution is -0.161. The van der Waals surface area contributed by atoms with E-state index in [1.54, 1.807) is 0 Å². The summed E-state index contributed by atoms with van der Waals surface area (Å²) >= 11 is 0. The van der Waals surface area contributed by atoms with E-state index in [0.29, 0.717) is 6.42 Å². The van der Waals surface area contributed by atoms with Crippen molar-refractivity contribution in [1.82, 2.24) is 0 Å². The van der Waals surface area contributed by atoms with Crippen molar-refractivity contribution in [1.29, 1.82) is 0 Å². The summed E-state index contributed by atoms with van der Waals surface area (Å²) in [6.07, 6.45) is 75.6. The molecule has 0 spiro atoms. The van der Waals surface area contributed by atoms with Crippen molar-refractivity contribution >= 4 is 19.8 Å². The highest BCUT2D eigenvalue weighted by atomic mass is 31.2. The maximum absolute atomic E-state index is 12.7. The van der Waals surface area contributed by atoms with Crippen molar-refractivity contribution in [3.63, 3.8) is 0 Å². The molecule has 0 saturated carbocycles. The molecule has 450 valence electrons. The Morgan fingerprint density at radius 1 is 0.395 bits per heavy atom. The Bertz CT molecular complexity index is 1290. The standard InChI is InChI=1S/C66H128NO8P/c1-3-5-7-9-11-13-15-17-19-21-23-25-26-27-28-29-30-31-32-33-34-35-36-37-38-39-41-43-45-47-49-51-53-55-57-59-66(69)75-64(63-74-76(70,71)73-61-60-67)62-72-65(68)58-56-54-52-50-48-46-44-42-40-24-22-20-18-16-14-12-10-8-6-4-2/h15,17,21,23,64H,3-14,16,18-20,22,24-63,67H2,1-2H3,(H,70,71)/b17-15-,23-21-. The van der Waals surface area contributed by atoms with Gasteiger partial charge in [-0.15, -0.1) is 0 Å². The van der Waals surface area contributed by atoms with Gasteiger partial charge in [0.25, 0.3) is 0 Å². The fourth-order valence-corrected chi connectivity index (χ4v) is 10.9. The van der Waals surface area contributed by atoms with Gasteiger partial charge in [0.05, 0.1) is 13.2 Å². The van der Waals surface area contributed by atoms with Gasteiger partial charge in [-0.25, -0.2) is 4.57 Å². The van der Waals surface area contributed by atoms with Gasteiger partial charge in [-0.05, 0) is 44.9 Å². The van der Waals surface area contributed by atoms with Gasteiger partial charge in [0.1, 0.15) is 6.61 Å². The number of carbonyl (C=O) groups is 2. The van der Waals surface area contributed by atoms with Crippen LogP contribution >= 0.6 is 7.82 Å². The lowest BCUT2D eigenvalue weighted by atomic mass is 10.0. The van der Waals surface area contributed by atoms with E-state index < -0.39 is 26.5 Å². The van der Waals surface area contributed by atoms with E-state index in [1.165, 1.54) is 283 Å². The van der Waals surface area contributed by atoms with Crippen LogP contribution in [0.25, 0.3) is 0 Å². The number of unbranched alkanes of at least 4 members (excludes halogenated alkanes) is 47. The van der Waals surface area contributed by atoms with Crippen LogP contribution in [0.5, 0.6) is 0 Å². The molecule has 0 aromatic carbocycles. The maximum atomic E-state index is 12.7. The highest BCUT2D eigenvalue weighted by molar-refractivity contribution is 7.47. The van der Waals surface area contributed by atoms with Crippen molar-refractivity contribution in [2.45, 2.75) is 360 Å². The molecule has 0 heterocycles. The van der Waals surface area contributed by atoms with Crippen LogP contribution < -0.4 is 5.73 Å². The van der Waals surface area contributed by atoms with E-state index in [-0.39, 0.29) is 38.6 Å². The van der Waals surface area contributed by atoms with Crippen molar-refractivity contribution in [3.8, 4) is 0 Å². The molecule has 76 heavy (non-hydrogen) atoms. The Labute approximate surface area is 472 Å². The number of esters is 2. The number of carbonyl (C=O) groups excluding carboxylic acids is 2.